The fourth-order valence-electron chi connectivity index (χ4n) is 2.65. The number of hydrogen-bond donors (Lipinski definition) is 1. The van der Waals surface area contributed by atoms with Crippen LogP contribution < -0.4 is 10.6 Å². The Bertz CT molecular complexity index is 920. The number of benzene rings is 2. The topological polar surface area (TPSA) is 87.2 Å². The summed E-state index contributed by atoms with van der Waals surface area (Å²) in [5, 5.41) is 9.77. The van der Waals surface area contributed by atoms with Crippen LogP contribution in [0.5, 0.6) is 0 Å². The average Bonchev–Trinajstić information content (AvgIpc) is 2.94. The highest BCUT2D eigenvalue weighted by Gasteiger charge is 2.40. The molecule has 2 N–H and O–H groups in total. The maximum atomic E-state index is 13.0. The summed E-state index contributed by atoms with van der Waals surface area (Å²) >= 11 is 7.08. The van der Waals surface area contributed by atoms with Gasteiger partial charge in [0, 0.05) is 10.7 Å². The van der Waals surface area contributed by atoms with Gasteiger partial charge in [-0.05, 0) is 36.2 Å². The summed E-state index contributed by atoms with van der Waals surface area (Å²) in [6.45, 7) is 0. The Kier molecular flexibility index (Phi) is 5.31. The molecule has 1 heterocycles. The van der Waals surface area contributed by atoms with E-state index < -0.39 is 11.2 Å². The van der Waals surface area contributed by atoms with E-state index >= 15 is 0 Å². The molecule has 1 atom stereocenters. The van der Waals surface area contributed by atoms with E-state index in [0.29, 0.717) is 17.1 Å². The maximum absolute atomic E-state index is 13.0. The molecule has 3 rings (SSSR count). The van der Waals surface area contributed by atoms with E-state index in [1.165, 1.54) is 16.7 Å². The van der Waals surface area contributed by atoms with E-state index in [1.807, 2.05) is 24.3 Å². The van der Waals surface area contributed by atoms with Gasteiger partial charge in [-0.2, -0.15) is 5.26 Å². The number of para-hydroxylation sites is 1. The van der Waals surface area contributed by atoms with Crippen LogP contribution in [-0.4, -0.2) is 17.1 Å². The van der Waals surface area contributed by atoms with E-state index in [4.69, 9.17) is 17.3 Å². The van der Waals surface area contributed by atoms with E-state index in [2.05, 4.69) is 0 Å². The second-order valence-corrected chi connectivity index (χ2v) is 7.23. The zero-order valence-corrected chi connectivity index (χ0v) is 15.1. The van der Waals surface area contributed by atoms with Crippen LogP contribution in [0.1, 0.15) is 5.56 Å². The SMILES string of the molecule is N#CC(C(N)=O)=C1SC(Cc2ccc(Cl)cc2)C(=O)N1c1ccccc1. The minimum Gasteiger partial charge on any atom is -0.365 e. The summed E-state index contributed by atoms with van der Waals surface area (Å²) in [7, 11) is 0. The maximum Gasteiger partial charge on any atom is 0.262 e. The molecule has 2 aromatic carbocycles. The number of nitrogens with zero attached hydrogens (tertiary/aromatic N) is 2. The van der Waals surface area contributed by atoms with Gasteiger partial charge in [-0.25, -0.2) is 0 Å². The van der Waals surface area contributed by atoms with Crippen molar-refractivity contribution in [3.63, 3.8) is 0 Å². The number of hydrogen-bond acceptors (Lipinski definition) is 4. The van der Waals surface area contributed by atoms with Gasteiger partial charge < -0.3 is 5.73 Å². The standard InChI is InChI=1S/C19H14ClN3O2S/c20-13-8-6-12(7-9-13)10-16-18(25)23(14-4-2-1-3-5-14)19(26-16)15(11-21)17(22)24/h1-9,16H,10H2,(H2,22,24). The first-order valence-electron chi connectivity index (χ1n) is 7.75. The third kappa shape index (κ3) is 3.59. The molecule has 26 heavy (non-hydrogen) atoms. The van der Waals surface area contributed by atoms with Gasteiger partial charge in [-0.1, -0.05) is 53.7 Å². The molecule has 1 saturated heterocycles. The first kappa shape index (κ1) is 18.1. The lowest BCUT2D eigenvalue weighted by atomic mass is 10.1. The van der Waals surface area contributed by atoms with Crippen molar-refractivity contribution in [2.24, 2.45) is 5.73 Å². The molecule has 1 unspecified atom stereocenters. The van der Waals surface area contributed by atoms with Gasteiger partial charge in [0.25, 0.3) is 5.91 Å². The third-order valence-electron chi connectivity index (χ3n) is 3.87. The molecular weight excluding hydrogens is 370 g/mol. The number of carbonyl (C=O) groups excluding carboxylic acids is 2. The fourth-order valence-corrected chi connectivity index (χ4v) is 4.09. The number of nitrogens with two attached hydrogens (primary N) is 1. The van der Waals surface area contributed by atoms with Gasteiger partial charge in [0.05, 0.1) is 5.25 Å². The number of anilines is 1. The predicted molar refractivity (Wildman–Crippen MR) is 102 cm³/mol. The molecule has 0 spiro atoms. The first-order chi connectivity index (χ1) is 12.5. The molecule has 0 radical (unpaired) electrons. The summed E-state index contributed by atoms with van der Waals surface area (Å²) in [6.07, 6.45) is 0.449. The Morgan fingerprint density at radius 3 is 2.42 bits per heavy atom. The molecular formula is C19H14ClN3O2S. The summed E-state index contributed by atoms with van der Waals surface area (Å²) in [4.78, 5) is 26.1. The number of amides is 2. The smallest absolute Gasteiger partial charge is 0.262 e. The van der Waals surface area contributed by atoms with Crippen molar-refractivity contribution in [2.75, 3.05) is 4.90 Å². The third-order valence-corrected chi connectivity index (χ3v) is 5.39. The number of primary amides is 1. The highest BCUT2D eigenvalue weighted by atomic mass is 35.5. The molecule has 1 aliphatic rings. The van der Waals surface area contributed by atoms with Gasteiger partial charge >= 0.3 is 0 Å². The Morgan fingerprint density at radius 1 is 1.19 bits per heavy atom. The van der Waals surface area contributed by atoms with Crippen LogP contribution >= 0.6 is 23.4 Å². The monoisotopic (exact) mass is 383 g/mol. The zero-order chi connectivity index (χ0) is 18.7. The van der Waals surface area contributed by atoms with Crippen LogP contribution in [0.3, 0.4) is 0 Å². The van der Waals surface area contributed by atoms with Crippen molar-refractivity contribution in [1.82, 2.24) is 0 Å². The minimum atomic E-state index is -0.851. The molecule has 7 heteroatoms. The highest BCUT2D eigenvalue weighted by molar-refractivity contribution is 8.05. The van der Waals surface area contributed by atoms with Gasteiger partial charge in [-0.15, -0.1) is 0 Å². The summed E-state index contributed by atoms with van der Waals surface area (Å²) in [5.74, 6) is -1.05. The van der Waals surface area contributed by atoms with Crippen LogP contribution in [0.2, 0.25) is 5.02 Å². The van der Waals surface area contributed by atoms with Gasteiger partial charge in [0.15, 0.2) is 0 Å². The molecule has 0 bridgehead atoms. The Hall–Kier alpha value is -2.75. The predicted octanol–water partition coefficient (Wildman–Crippen LogP) is 3.25. The lowest BCUT2D eigenvalue weighted by Gasteiger charge is -2.18. The average molecular weight is 384 g/mol. The molecule has 130 valence electrons. The summed E-state index contributed by atoms with van der Waals surface area (Å²) in [5.41, 5.74) is 6.65. The quantitative estimate of drug-likeness (QED) is 0.648. The van der Waals surface area contributed by atoms with Crippen LogP contribution in [-0.2, 0) is 16.0 Å². The molecule has 5 nitrogen and oxygen atoms in total. The van der Waals surface area contributed by atoms with Gasteiger partial charge in [0.2, 0.25) is 5.91 Å². The van der Waals surface area contributed by atoms with E-state index in [1.54, 1.807) is 36.4 Å². The van der Waals surface area contributed by atoms with Gasteiger partial charge in [-0.3, -0.25) is 14.5 Å². The molecule has 0 aliphatic carbocycles. The summed E-state index contributed by atoms with van der Waals surface area (Å²) < 4.78 is 0. The van der Waals surface area contributed by atoms with Crippen LogP contribution in [0, 0.1) is 11.3 Å². The van der Waals surface area contributed by atoms with Crippen LogP contribution in [0.25, 0.3) is 0 Å². The second-order valence-electron chi connectivity index (χ2n) is 5.60. The van der Waals surface area contributed by atoms with Crippen molar-refractivity contribution >= 4 is 40.9 Å². The zero-order valence-electron chi connectivity index (χ0n) is 13.6. The van der Waals surface area contributed by atoms with Crippen molar-refractivity contribution in [1.29, 1.82) is 5.26 Å². The lowest BCUT2D eigenvalue weighted by molar-refractivity contribution is -0.117. The van der Waals surface area contributed by atoms with Crippen molar-refractivity contribution < 1.29 is 9.59 Å². The van der Waals surface area contributed by atoms with Crippen molar-refractivity contribution in [2.45, 2.75) is 11.7 Å². The Balaban J connectivity index is 2.00. The summed E-state index contributed by atoms with van der Waals surface area (Å²) in [6, 6.07) is 17.9. The minimum absolute atomic E-state index is 0.194. The lowest BCUT2D eigenvalue weighted by Crippen LogP contribution is -2.30. The van der Waals surface area contributed by atoms with Gasteiger partial charge in [0.1, 0.15) is 16.7 Å². The first-order valence-corrected chi connectivity index (χ1v) is 9.01. The van der Waals surface area contributed by atoms with E-state index in [9.17, 15) is 14.9 Å². The van der Waals surface area contributed by atoms with E-state index in [0.717, 1.165) is 5.56 Å². The fraction of sp³-hybridized carbons (Fsp3) is 0.105. The molecule has 0 saturated carbocycles. The number of nitriles is 1. The van der Waals surface area contributed by atoms with Crippen LogP contribution in [0.15, 0.2) is 65.2 Å². The number of carbonyl (C=O) groups is 2. The van der Waals surface area contributed by atoms with Crippen molar-refractivity contribution in [3.05, 3.63) is 75.8 Å². The number of rotatable bonds is 4. The number of thioether (sulfide) groups is 1. The Morgan fingerprint density at radius 2 is 1.85 bits per heavy atom. The Labute approximate surface area is 160 Å². The molecule has 2 aromatic rings. The number of halogens is 1. The molecule has 1 aliphatic heterocycles. The van der Waals surface area contributed by atoms with E-state index in [-0.39, 0.29) is 16.5 Å². The normalized spacial score (nSPS) is 18.5. The van der Waals surface area contributed by atoms with Crippen molar-refractivity contribution in [3.8, 4) is 6.07 Å². The second kappa shape index (κ2) is 7.65. The molecule has 1 fully saturated rings. The molecule has 0 aromatic heterocycles. The highest BCUT2D eigenvalue weighted by Crippen LogP contribution is 2.41. The molecule has 2 amide bonds. The largest absolute Gasteiger partial charge is 0.365 e. The van der Waals surface area contributed by atoms with Crippen LogP contribution in [0.4, 0.5) is 5.69 Å².